The first kappa shape index (κ1) is 22.2. The maximum absolute atomic E-state index is 12.5. The van der Waals surface area contributed by atoms with Crippen LogP contribution in [0.25, 0.3) is 12.2 Å². The fraction of sp³-hybridized carbons (Fsp3) is 0.174. The van der Waals surface area contributed by atoms with Crippen molar-refractivity contribution in [2.45, 2.75) is 0 Å². The largest absolute Gasteiger partial charge is 0.497 e. The van der Waals surface area contributed by atoms with E-state index in [1.165, 1.54) is 6.08 Å². The van der Waals surface area contributed by atoms with Gasteiger partial charge in [0.1, 0.15) is 11.5 Å². The molecule has 0 unspecified atom stereocenters. The van der Waals surface area contributed by atoms with Crippen molar-refractivity contribution in [2.24, 2.45) is 0 Å². The van der Waals surface area contributed by atoms with E-state index in [2.05, 4.69) is 5.32 Å². The Morgan fingerprint density at radius 2 is 1.71 bits per heavy atom. The second kappa shape index (κ2) is 10.5. The van der Waals surface area contributed by atoms with E-state index in [4.69, 9.17) is 9.47 Å². The third-order valence-corrected chi connectivity index (χ3v) is 5.31. The van der Waals surface area contributed by atoms with Crippen molar-refractivity contribution >= 4 is 41.0 Å². The molecule has 1 N–H and O–H groups in total. The van der Waals surface area contributed by atoms with Crippen LogP contribution in [0.3, 0.4) is 0 Å². The molecule has 160 valence electrons. The van der Waals surface area contributed by atoms with Gasteiger partial charge in [0.25, 0.3) is 11.1 Å². The van der Waals surface area contributed by atoms with Gasteiger partial charge in [-0.1, -0.05) is 30.3 Å². The molecular weight excluding hydrogens is 416 g/mol. The maximum Gasteiger partial charge on any atom is 0.293 e. The van der Waals surface area contributed by atoms with Crippen LogP contribution >= 0.6 is 11.8 Å². The fourth-order valence-corrected chi connectivity index (χ4v) is 3.71. The number of amides is 3. The Kier molecular flexibility index (Phi) is 7.50. The summed E-state index contributed by atoms with van der Waals surface area (Å²) in [5.41, 5.74) is 1.59. The van der Waals surface area contributed by atoms with Crippen molar-refractivity contribution < 1.29 is 23.9 Å². The zero-order valence-corrected chi connectivity index (χ0v) is 18.0. The highest BCUT2D eigenvalue weighted by atomic mass is 32.2. The minimum absolute atomic E-state index is 0.101. The van der Waals surface area contributed by atoms with E-state index >= 15 is 0 Å². The molecule has 2 aromatic rings. The summed E-state index contributed by atoms with van der Waals surface area (Å²) in [6.07, 6.45) is 4.69. The molecule has 0 saturated carbocycles. The average molecular weight is 439 g/mol. The number of rotatable bonds is 8. The first-order chi connectivity index (χ1) is 15.0. The summed E-state index contributed by atoms with van der Waals surface area (Å²) in [6, 6.07) is 14.6. The van der Waals surface area contributed by atoms with Gasteiger partial charge in [-0.05, 0) is 47.2 Å². The topological polar surface area (TPSA) is 84.9 Å². The number of hydrogen-bond acceptors (Lipinski definition) is 6. The predicted octanol–water partition coefficient (Wildman–Crippen LogP) is 3.57. The molecule has 1 heterocycles. The van der Waals surface area contributed by atoms with E-state index in [0.717, 1.165) is 27.8 Å². The van der Waals surface area contributed by atoms with Crippen LogP contribution < -0.4 is 14.8 Å². The Labute approximate surface area is 184 Å². The average Bonchev–Trinajstić information content (AvgIpc) is 3.05. The Balaban J connectivity index is 1.53. The van der Waals surface area contributed by atoms with Crippen molar-refractivity contribution in [1.82, 2.24) is 10.2 Å². The van der Waals surface area contributed by atoms with Gasteiger partial charge in [-0.25, -0.2) is 0 Å². The summed E-state index contributed by atoms with van der Waals surface area (Å²) in [5.74, 6) is 0.533. The molecule has 0 bridgehead atoms. The van der Waals surface area contributed by atoms with Crippen molar-refractivity contribution in [2.75, 3.05) is 27.3 Å². The molecule has 0 spiro atoms. The van der Waals surface area contributed by atoms with Crippen LogP contribution in [0, 0.1) is 0 Å². The molecule has 2 aromatic carbocycles. The van der Waals surface area contributed by atoms with Gasteiger partial charge in [-0.3, -0.25) is 19.3 Å². The zero-order valence-electron chi connectivity index (χ0n) is 17.2. The summed E-state index contributed by atoms with van der Waals surface area (Å²) < 4.78 is 10.4. The molecule has 1 aliphatic rings. The number of hydrogen-bond donors (Lipinski definition) is 1. The number of carbonyl (C=O) groups excluding carboxylic acids is 3. The summed E-state index contributed by atoms with van der Waals surface area (Å²) in [5, 5.41) is 2.33. The second-order valence-corrected chi connectivity index (χ2v) is 7.51. The Morgan fingerprint density at radius 3 is 2.35 bits per heavy atom. The summed E-state index contributed by atoms with van der Waals surface area (Å²) in [6.45, 7) is 0.255. The molecular formula is C23H22N2O5S. The second-order valence-electron chi connectivity index (χ2n) is 6.51. The highest BCUT2D eigenvalue weighted by molar-refractivity contribution is 8.18. The van der Waals surface area contributed by atoms with Crippen molar-refractivity contribution in [1.29, 1.82) is 0 Å². The van der Waals surface area contributed by atoms with E-state index in [1.807, 2.05) is 30.3 Å². The van der Waals surface area contributed by atoms with Gasteiger partial charge in [0.05, 0.1) is 19.1 Å². The zero-order chi connectivity index (χ0) is 22.2. The molecule has 1 aliphatic heterocycles. The molecule has 0 radical (unpaired) electrons. The molecule has 0 aliphatic carbocycles. The third-order valence-electron chi connectivity index (χ3n) is 4.41. The van der Waals surface area contributed by atoms with E-state index < -0.39 is 0 Å². The number of benzene rings is 2. The molecule has 8 heteroatoms. The van der Waals surface area contributed by atoms with Gasteiger partial charge in [0.2, 0.25) is 5.91 Å². The lowest BCUT2D eigenvalue weighted by Gasteiger charge is -2.12. The minimum atomic E-state index is -0.355. The lowest BCUT2D eigenvalue weighted by atomic mass is 10.2. The molecule has 0 aromatic heterocycles. The van der Waals surface area contributed by atoms with E-state index in [1.54, 1.807) is 44.6 Å². The van der Waals surface area contributed by atoms with Gasteiger partial charge in [0, 0.05) is 25.2 Å². The van der Waals surface area contributed by atoms with Crippen LogP contribution in [0.4, 0.5) is 4.79 Å². The molecule has 0 atom stereocenters. The highest BCUT2D eigenvalue weighted by Gasteiger charge is 2.34. The lowest BCUT2D eigenvalue weighted by molar-refractivity contribution is -0.123. The molecule has 3 amide bonds. The van der Waals surface area contributed by atoms with Crippen LogP contribution in [0.2, 0.25) is 0 Å². The Bertz CT molecular complexity index is 1010. The predicted molar refractivity (Wildman–Crippen MR) is 121 cm³/mol. The van der Waals surface area contributed by atoms with E-state index in [0.29, 0.717) is 16.4 Å². The summed E-state index contributed by atoms with van der Waals surface area (Å²) >= 11 is 0.898. The number of imide groups is 1. The van der Waals surface area contributed by atoms with Crippen LogP contribution in [0.5, 0.6) is 11.5 Å². The number of carbonyl (C=O) groups is 3. The van der Waals surface area contributed by atoms with Crippen molar-refractivity contribution in [3.8, 4) is 11.5 Å². The quantitative estimate of drug-likeness (QED) is 0.635. The lowest BCUT2D eigenvalue weighted by Crippen LogP contribution is -2.36. The number of methoxy groups -OCH3 is 2. The molecule has 7 nitrogen and oxygen atoms in total. The number of thioether (sulfide) groups is 1. The van der Waals surface area contributed by atoms with E-state index in [-0.39, 0.29) is 30.1 Å². The molecule has 1 saturated heterocycles. The fourth-order valence-electron chi connectivity index (χ4n) is 2.84. The first-order valence-electron chi connectivity index (χ1n) is 9.49. The van der Waals surface area contributed by atoms with Crippen LogP contribution in [-0.4, -0.2) is 49.3 Å². The van der Waals surface area contributed by atoms with Gasteiger partial charge in [-0.2, -0.15) is 0 Å². The van der Waals surface area contributed by atoms with Crippen LogP contribution in [0.1, 0.15) is 11.1 Å². The van der Waals surface area contributed by atoms with Gasteiger partial charge in [-0.15, -0.1) is 0 Å². The first-order valence-corrected chi connectivity index (χ1v) is 10.3. The van der Waals surface area contributed by atoms with Crippen molar-refractivity contribution in [3.05, 3.63) is 70.6 Å². The summed E-state index contributed by atoms with van der Waals surface area (Å²) in [4.78, 5) is 38.3. The summed E-state index contributed by atoms with van der Waals surface area (Å²) in [7, 11) is 3.10. The third kappa shape index (κ3) is 5.99. The molecule has 31 heavy (non-hydrogen) atoms. The molecule has 3 rings (SSSR count). The Morgan fingerprint density at radius 1 is 1.03 bits per heavy atom. The molecule has 1 fully saturated rings. The number of ether oxygens (including phenoxy) is 2. The SMILES string of the molecule is COc1cc(/C=C/C(=O)NCCN2C(=O)S/C(=C\c3ccccc3)C2=O)cc(OC)c1. The van der Waals surface area contributed by atoms with Crippen LogP contribution in [-0.2, 0) is 9.59 Å². The minimum Gasteiger partial charge on any atom is -0.497 e. The number of nitrogens with zero attached hydrogens (tertiary/aromatic N) is 1. The normalized spacial score (nSPS) is 15.0. The van der Waals surface area contributed by atoms with Gasteiger partial charge in [0.15, 0.2) is 0 Å². The van der Waals surface area contributed by atoms with Crippen LogP contribution in [0.15, 0.2) is 59.5 Å². The van der Waals surface area contributed by atoms with Gasteiger partial charge < -0.3 is 14.8 Å². The monoisotopic (exact) mass is 438 g/mol. The highest BCUT2D eigenvalue weighted by Crippen LogP contribution is 2.31. The number of nitrogens with one attached hydrogen (secondary N) is 1. The van der Waals surface area contributed by atoms with Crippen molar-refractivity contribution in [3.63, 3.8) is 0 Å². The maximum atomic E-state index is 12.5. The standard InChI is InChI=1S/C23H22N2O5S/c1-29-18-12-17(13-19(15-18)30-2)8-9-21(26)24-10-11-25-22(27)20(31-23(25)28)14-16-6-4-3-5-7-16/h3-9,12-15H,10-11H2,1-2H3,(H,24,26)/b9-8+,20-14-. The Hall–Kier alpha value is -3.52. The van der Waals surface area contributed by atoms with E-state index in [9.17, 15) is 14.4 Å². The van der Waals surface area contributed by atoms with Gasteiger partial charge >= 0.3 is 0 Å². The smallest absolute Gasteiger partial charge is 0.293 e.